The van der Waals surface area contributed by atoms with Crippen LogP contribution in [0.15, 0.2) is 42.5 Å². The molecular weight excluding hydrogens is 264 g/mol. The fourth-order valence-corrected chi connectivity index (χ4v) is 2.28. The molecule has 0 fully saturated rings. The molecule has 5 nitrogen and oxygen atoms in total. The first-order chi connectivity index (χ1) is 10.2. The second kappa shape index (κ2) is 5.17. The van der Waals surface area contributed by atoms with Crippen molar-refractivity contribution in [1.82, 2.24) is 9.55 Å². The summed E-state index contributed by atoms with van der Waals surface area (Å²) in [6.07, 6.45) is 0. The van der Waals surface area contributed by atoms with E-state index in [0.717, 1.165) is 22.3 Å². The van der Waals surface area contributed by atoms with Gasteiger partial charge in [-0.2, -0.15) is 5.26 Å². The van der Waals surface area contributed by atoms with Crippen molar-refractivity contribution < 1.29 is 4.74 Å². The summed E-state index contributed by atoms with van der Waals surface area (Å²) >= 11 is 0. The van der Waals surface area contributed by atoms with Gasteiger partial charge in [0.1, 0.15) is 5.75 Å². The van der Waals surface area contributed by atoms with Crippen molar-refractivity contribution in [3.8, 4) is 11.8 Å². The summed E-state index contributed by atoms with van der Waals surface area (Å²) in [4.78, 5) is 4.35. The highest BCUT2D eigenvalue weighted by Gasteiger charge is 2.09. The number of fused-ring (bicyclic) bond motifs is 1. The fraction of sp³-hybridized carbons (Fsp3) is 0.125. The molecule has 0 aliphatic carbocycles. The number of hydrogen-bond donors (Lipinski definition) is 1. The second-order valence-electron chi connectivity index (χ2n) is 4.72. The van der Waals surface area contributed by atoms with E-state index in [1.807, 2.05) is 34.9 Å². The van der Waals surface area contributed by atoms with Crippen LogP contribution in [0.5, 0.6) is 5.75 Å². The van der Waals surface area contributed by atoms with Crippen molar-refractivity contribution in [2.24, 2.45) is 0 Å². The van der Waals surface area contributed by atoms with Gasteiger partial charge in [-0.25, -0.2) is 4.98 Å². The summed E-state index contributed by atoms with van der Waals surface area (Å²) in [5.74, 6) is 1.23. The average Bonchev–Trinajstić information content (AvgIpc) is 2.83. The van der Waals surface area contributed by atoms with Crippen LogP contribution in [0.3, 0.4) is 0 Å². The number of nitrogens with two attached hydrogens (primary N) is 1. The second-order valence-corrected chi connectivity index (χ2v) is 4.72. The summed E-state index contributed by atoms with van der Waals surface area (Å²) in [5, 5.41) is 8.83. The topological polar surface area (TPSA) is 76.9 Å². The Morgan fingerprint density at radius 2 is 2.00 bits per heavy atom. The number of imidazole rings is 1. The van der Waals surface area contributed by atoms with E-state index in [1.54, 1.807) is 19.2 Å². The van der Waals surface area contributed by atoms with Gasteiger partial charge in [0.2, 0.25) is 5.95 Å². The molecule has 0 saturated heterocycles. The predicted molar refractivity (Wildman–Crippen MR) is 81.0 cm³/mol. The Balaban J connectivity index is 2.02. The summed E-state index contributed by atoms with van der Waals surface area (Å²) in [6, 6.07) is 15.2. The summed E-state index contributed by atoms with van der Waals surface area (Å²) < 4.78 is 7.18. The van der Waals surface area contributed by atoms with Gasteiger partial charge in [-0.1, -0.05) is 12.1 Å². The molecule has 0 aliphatic heterocycles. The molecule has 1 heterocycles. The normalized spacial score (nSPS) is 10.5. The number of rotatable bonds is 3. The van der Waals surface area contributed by atoms with E-state index >= 15 is 0 Å². The van der Waals surface area contributed by atoms with Crippen LogP contribution in [0.25, 0.3) is 11.0 Å². The van der Waals surface area contributed by atoms with Crippen LogP contribution in [0, 0.1) is 11.3 Å². The van der Waals surface area contributed by atoms with Gasteiger partial charge in [-0.3, -0.25) is 0 Å². The predicted octanol–water partition coefficient (Wildman–Crippen LogP) is 2.55. The van der Waals surface area contributed by atoms with E-state index in [9.17, 15) is 0 Å². The SMILES string of the molecule is COc1ccc2nc(N)n(Cc3ccc(C#N)cc3)c2c1. The van der Waals surface area contributed by atoms with Gasteiger partial charge < -0.3 is 15.0 Å². The fourth-order valence-electron chi connectivity index (χ4n) is 2.28. The Kier molecular flexibility index (Phi) is 3.20. The van der Waals surface area contributed by atoms with Crippen LogP contribution in [0.2, 0.25) is 0 Å². The average molecular weight is 278 g/mol. The Labute approximate surface area is 122 Å². The molecule has 5 heteroatoms. The Morgan fingerprint density at radius 1 is 1.24 bits per heavy atom. The third kappa shape index (κ3) is 2.39. The highest BCUT2D eigenvalue weighted by molar-refractivity contribution is 5.80. The summed E-state index contributed by atoms with van der Waals surface area (Å²) in [5.41, 5.74) is 9.47. The van der Waals surface area contributed by atoms with Crippen molar-refractivity contribution >= 4 is 17.0 Å². The van der Waals surface area contributed by atoms with Gasteiger partial charge in [0, 0.05) is 6.07 Å². The zero-order valence-electron chi connectivity index (χ0n) is 11.6. The molecule has 0 amide bonds. The van der Waals surface area contributed by atoms with Gasteiger partial charge >= 0.3 is 0 Å². The monoisotopic (exact) mass is 278 g/mol. The van der Waals surface area contributed by atoms with E-state index in [-0.39, 0.29) is 0 Å². The Bertz CT molecular complexity index is 828. The van der Waals surface area contributed by atoms with Crippen molar-refractivity contribution in [3.63, 3.8) is 0 Å². The standard InChI is InChI=1S/C16H14N4O/c1-21-13-6-7-14-15(8-13)20(16(18)19-14)10-12-4-2-11(9-17)3-5-12/h2-8H,10H2,1H3,(H2,18,19). The lowest BCUT2D eigenvalue weighted by Crippen LogP contribution is -2.04. The summed E-state index contributed by atoms with van der Waals surface area (Å²) in [6.45, 7) is 0.598. The quantitative estimate of drug-likeness (QED) is 0.798. The maximum Gasteiger partial charge on any atom is 0.201 e. The van der Waals surface area contributed by atoms with E-state index in [2.05, 4.69) is 11.1 Å². The van der Waals surface area contributed by atoms with Crippen LogP contribution < -0.4 is 10.5 Å². The van der Waals surface area contributed by atoms with Crippen molar-refractivity contribution in [1.29, 1.82) is 5.26 Å². The maximum atomic E-state index is 8.83. The number of anilines is 1. The number of aromatic nitrogens is 2. The third-order valence-electron chi connectivity index (χ3n) is 3.41. The molecular formula is C16H14N4O. The number of nitrogen functional groups attached to an aromatic ring is 1. The van der Waals surface area contributed by atoms with Gasteiger partial charge in [0.05, 0.1) is 36.3 Å². The number of benzene rings is 2. The molecule has 0 atom stereocenters. The zero-order valence-corrected chi connectivity index (χ0v) is 11.6. The van der Waals surface area contributed by atoms with Crippen LogP contribution in [-0.4, -0.2) is 16.7 Å². The van der Waals surface area contributed by atoms with Crippen LogP contribution >= 0.6 is 0 Å². The highest BCUT2D eigenvalue weighted by atomic mass is 16.5. The molecule has 21 heavy (non-hydrogen) atoms. The van der Waals surface area contributed by atoms with Gasteiger partial charge in [0.25, 0.3) is 0 Å². The maximum absolute atomic E-state index is 8.83. The largest absolute Gasteiger partial charge is 0.497 e. The Morgan fingerprint density at radius 3 is 2.67 bits per heavy atom. The minimum Gasteiger partial charge on any atom is -0.497 e. The first-order valence-electron chi connectivity index (χ1n) is 6.50. The van der Waals surface area contributed by atoms with E-state index in [4.69, 9.17) is 15.7 Å². The first kappa shape index (κ1) is 13.0. The lowest BCUT2D eigenvalue weighted by molar-refractivity contribution is 0.415. The number of nitriles is 1. The third-order valence-corrected chi connectivity index (χ3v) is 3.41. The van der Waals surface area contributed by atoms with Crippen LogP contribution in [0.4, 0.5) is 5.95 Å². The van der Waals surface area contributed by atoms with Gasteiger partial charge in [-0.15, -0.1) is 0 Å². The molecule has 0 bridgehead atoms. The number of ether oxygens (including phenoxy) is 1. The molecule has 0 spiro atoms. The lowest BCUT2D eigenvalue weighted by atomic mass is 10.1. The minimum atomic E-state index is 0.461. The zero-order chi connectivity index (χ0) is 14.8. The number of nitrogens with zero attached hydrogens (tertiary/aromatic N) is 3. The number of hydrogen-bond acceptors (Lipinski definition) is 4. The Hall–Kier alpha value is -3.00. The van der Waals surface area contributed by atoms with E-state index < -0.39 is 0 Å². The van der Waals surface area contributed by atoms with Crippen LogP contribution in [0.1, 0.15) is 11.1 Å². The van der Waals surface area contributed by atoms with Gasteiger partial charge in [-0.05, 0) is 29.8 Å². The molecule has 0 unspecified atom stereocenters. The molecule has 0 aliphatic rings. The molecule has 3 rings (SSSR count). The highest BCUT2D eigenvalue weighted by Crippen LogP contribution is 2.24. The molecule has 0 radical (unpaired) electrons. The van der Waals surface area contributed by atoms with Crippen molar-refractivity contribution in [3.05, 3.63) is 53.6 Å². The molecule has 1 aromatic heterocycles. The van der Waals surface area contributed by atoms with Crippen molar-refractivity contribution in [2.75, 3.05) is 12.8 Å². The molecule has 2 aromatic carbocycles. The smallest absolute Gasteiger partial charge is 0.201 e. The van der Waals surface area contributed by atoms with Crippen LogP contribution in [-0.2, 0) is 6.54 Å². The number of methoxy groups -OCH3 is 1. The molecule has 0 saturated carbocycles. The molecule has 104 valence electrons. The van der Waals surface area contributed by atoms with Gasteiger partial charge in [0.15, 0.2) is 0 Å². The first-order valence-corrected chi connectivity index (χ1v) is 6.50. The van der Waals surface area contributed by atoms with E-state index in [1.165, 1.54) is 0 Å². The van der Waals surface area contributed by atoms with E-state index in [0.29, 0.717) is 18.1 Å². The summed E-state index contributed by atoms with van der Waals surface area (Å²) in [7, 11) is 1.63. The van der Waals surface area contributed by atoms with Crippen molar-refractivity contribution in [2.45, 2.75) is 6.54 Å². The molecule has 2 N–H and O–H groups in total. The molecule has 3 aromatic rings. The lowest BCUT2D eigenvalue weighted by Gasteiger charge is -2.07. The minimum absolute atomic E-state index is 0.461.